The molecular weight excluding hydrogens is 244 g/mol. The van der Waals surface area contributed by atoms with Crippen molar-refractivity contribution < 1.29 is 19.4 Å². The van der Waals surface area contributed by atoms with Gasteiger partial charge < -0.3 is 9.84 Å². The number of ether oxygens (including phenoxy) is 1. The summed E-state index contributed by atoms with van der Waals surface area (Å²) in [4.78, 5) is 23.3. The lowest BCUT2D eigenvalue weighted by Crippen LogP contribution is -2.40. The van der Waals surface area contributed by atoms with Crippen LogP contribution in [0.1, 0.15) is 30.5 Å². The first kappa shape index (κ1) is 15.2. The number of esters is 1. The summed E-state index contributed by atoms with van der Waals surface area (Å²) in [5.74, 6) is -1.85. The minimum Gasteiger partial charge on any atom is -0.480 e. The minimum atomic E-state index is -1.55. The van der Waals surface area contributed by atoms with Gasteiger partial charge in [0, 0.05) is 0 Å². The highest BCUT2D eigenvalue weighted by atomic mass is 16.5. The van der Waals surface area contributed by atoms with Crippen LogP contribution in [0.5, 0.6) is 0 Å². The first-order valence-electron chi connectivity index (χ1n) is 6.28. The second kappa shape index (κ2) is 5.87. The van der Waals surface area contributed by atoms with E-state index in [9.17, 15) is 14.7 Å². The van der Waals surface area contributed by atoms with Crippen molar-refractivity contribution in [1.29, 1.82) is 0 Å². The van der Waals surface area contributed by atoms with Gasteiger partial charge in [0.2, 0.25) is 0 Å². The van der Waals surface area contributed by atoms with E-state index in [1.807, 2.05) is 32.0 Å². The molecule has 0 saturated carbocycles. The molecule has 0 saturated heterocycles. The van der Waals surface area contributed by atoms with Gasteiger partial charge in [-0.2, -0.15) is 0 Å². The zero-order chi connectivity index (χ0) is 14.6. The van der Waals surface area contributed by atoms with E-state index < -0.39 is 17.4 Å². The maximum Gasteiger partial charge on any atom is 0.323 e. The number of hydrogen-bond acceptors (Lipinski definition) is 3. The van der Waals surface area contributed by atoms with E-state index in [-0.39, 0.29) is 13.0 Å². The average Bonchev–Trinajstić information content (AvgIpc) is 2.33. The molecule has 19 heavy (non-hydrogen) atoms. The maximum absolute atomic E-state index is 11.9. The highest BCUT2D eigenvalue weighted by Crippen LogP contribution is 2.27. The third-order valence-corrected chi connectivity index (χ3v) is 3.25. The topological polar surface area (TPSA) is 63.6 Å². The molecule has 0 radical (unpaired) electrons. The molecule has 104 valence electrons. The molecule has 1 aromatic carbocycles. The van der Waals surface area contributed by atoms with Gasteiger partial charge in [-0.3, -0.25) is 9.59 Å². The van der Waals surface area contributed by atoms with Crippen LogP contribution in [-0.2, 0) is 20.7 Å². The molecule has 0 aliphatic heterocycles. The average molecular weight is 264 g/mol. The van der Waals surface area contributed by atoms with Crippen molar-refractivity contribution in [2.24, 2.45) is 5.41 Å². The van der Waals surface area contributed by atoms with Gasteiger partial charge >= 0.3 is 11.9 Å². The summed E-state index contributed by atoms with van der Waals surface area (Å²) in [5.41, 5.74) is 1.33. The molecule has 4 nitrogen and oxygen atoms in total. The Morgan fingerprint density at radius 3 is 2.47 bits per heavy atom. The third-order valence-electron chi connectivity index (χ3n) is 3.25. The zero-order valence-corrected chi connectivity index (χ0v) is 11.8. The van der Waals surface area contributed by atoms with Crippen LogP contribution in [0.4, 0.5) is 0 Å². The molecule has 0 amide bonds. The molecule has 4 heteroatoms. The van der Waals surface area contributed by atoms with Gasteiger partial charge in [-0.05, 0) is 45.2 Å². The molecule has 0 aliphatic rings. The van der Waals surface area contributed by atoms with E-state index >= 15 is 0 Å². The minimum absolute atomic E-state index is 0.134. The standard InChI is InChI=1S/C15H20O4/c1-5-19-14(18)15(4,13(16)17)9-12-8-10(2)6-7-11(12)3/h6-8H,5,9H2,1-4H3,(H,16,17). The molecule has 1 N–H and O–H groups in total. The fourth-order valence-corrected chi connectivity index (χ4v) is 1.90. The number of carbonyl (C=O) groups excluding carboxylic acids is 1. The lowest BCUT2D eigenvalue weighted by atomic mass is 9.82. The summed E-state index contributed by atoms with van der Waals surface area (Å²) in [6.45, 7) is 7.09. The number of carboxylic acid groups (broad SMARTS) is 1. The van der Waals surface area contributed by atoms with E-state index in [0.717, 1.165) is 16.7 Å². The van der Waals surface area contributed by atoms with Crippen molar-refractivity contribution in [2.45, 2.75) is 34.1 Å². The number of hydrogen-bond donors (Lipinski definition) is 1. The van der Waals surface area contributed by atoms with Crippen LogP contribution in [-0.4, -0.2) is 23.7 Å². The van der Waals surface area contributed by atoms with Gasteiger partial charge in [0.1, 0.15) is 0 Å². The third kappa shape index (κ3) is 3.34. The Morgan fingerprint density at radius 1 is 1.32 bits per heavy atom. The van der Waals surface area contributed by atoms with Crippen molar-refractivity contribution in [2.75, 3.05) is 6.61 Å². The van der Waals surface area contributed by atoms with Gasteiger partial charge in [0.25, 0.3) is 0 Å². The first-order valence-corrected chi connectivity index (χ1v) is 6.28. The van der Waals surface area contributed by atoms with Crippen molar-refractivity contribution in [3.63, 3.8) is 0 Å². The van der Waals surface area contributed by atoms with Crippen LogP contribution in [0.2, 0.25) is 0 Å². The van der Waals surface area contributed by atoms with E-state index in [2.05, 4.69) is 0 Å². The van der Waals surface area contributed by atoms with Crippen molar-refractivity contribution in [1.82, 2.24) is 0 Å². The van der Waals surface area contributed by atoms with Crippen LogP contribution in [0.15, 0.2) is 18.2 Å². The summed E-state index contributed by atoms with van der Waals surface area (Å²) in [7, 11) is 0. The lowest BCUT2D eigenvalue weighted by molar-refractivity contribution is -0.167. The molecule has 0 aliphatic carbocycles. The number of rotatable bonds is 5. The largest absolute Gasteiger partial charge is 0.480 e. The van der Waals surface area contributed by atoms with Crippen LogP contribution >= 0.6 is 0 Å². The van der Waals surface area contributed by atoms with Crippen molar-refractivity contribution >= 4 is 11.9 Å². The molecule has 1 rings (SSSR count). The Balaban J connectivity index is 3.12. The van der Waals surface area contributed by atoms with Crippen LogP contribution in [0, 0.1) is 19.3 Å². The molecule has 1 atom stereocenters. The first-order chi connectivity index (χ1) is 8.81. The Labute approximate surface area is 113 Å². The number of carboxylic acids is 1. The monoisotopic (exact) mass is 264 g/mol. The number of carbonyl (C=O) groups is 2. The molecule has 0 spiro atoms. The number of aliphatic carboxylic acids is 1. The Kier molecular flexibility index (Phi) is 4.70. The molecule has 1 aromatic rings. The van der Waals surface area contributed by atoms with Gasteiger partial charge in [-0.1, -0.05) is 23.8 Å². The lowest BCUT2D eigenvalue weighted by Gasteiger charge is -2.23. The van der Waals surface area contributed by atoms with Crippen molar-refractivity contribution in [3.8, 4) is 0 Å². The normalized spacial score (nSPS) is 13.7. The highest BCUT2D eigenvalue weighted by molar-refractivity contribution is 5.99. The molecule has 0 aromatic heterocycles. The molecule has 0 heterocycles. The van der Waals surface area contributed by atoms with E-state index in [1.165, 1.54) is 6.92 Å². The second-order valence-corrected chi connectivity index (χ2v) is 4.96. The van der Waals surface area contributed by atoms with Gasteiger partial charge in [0.05, 0.1) is 6.61 Å². The zero-order valence-electron chi connectivity index (χ0n) is 11.8. The van der Waals surface area contributed by atoms with Gasteiger partial charge in [-0.15, -0.1) is 0 Å². The van der Waals surface area contributed by atoms with E-state index in [1.54, 1.807) is 6.92 Å². The summed E-state index contributed by atoms with van der Waals surface area (Å²) in [5, 5.41) is 9.35. The van der Waals surface area contributed by atoms with Crippen LogP contribution in [0.25, 0.3) is 0 Å². The van der Waals surface area contributed by atoms with Crippen LogP contribution in [0.3, 0.4) is 0 Å². The Hall–Kier alpha value is -1.84. The van der Waals surface area contributed by atoms with Crippen LogP contribution < -0.4 is 0 Å². The number of benzene rings is 1. The maximum atomic E-state index is 11.9. The van der Waals surface area contributed by atoms with Gasteiger partial charge in [-0.25, -0.2) is 0 Å². The summed E-state index contributed by atoms with van der Waals surface area (Å²) in [6, 6.07) is 5.80. The summed E-state index contributed by atoms with van der Waals surface area (Å²) < 4.78 is 4.89. The fourth-order valence-electron chi connectivity index (χ4n) is 1.90. The fraction of sp³-hybridized carbons (Fsp3) is 0.467. The van der Waals surface area contributed by atoms with Gasteiger partial charge in [0.15, 0.2) is 5.41 Å². The highest BCUT2D eigenvalue weighted by Gasteiger charge is 2.43. The SMILES string of the molecule is CCOC(=O)C(C)(Cc1cc(C)ccc1C)C(=O)O. The second-order valence-electron chi connectivity index (χ2n) is 4.96. The van der Waals surface area contributed by atoms with Crippen molar-refractivity contribution in [3.05, 3.63) is 34.9 Å². The molecule has 0 fully saturated rings. The number of aryl methyl sites for hydroxylation is 2. The van der Waals surface area contributed by atoms with E-state index in [4.69, 9.17) is 4.74 Å². The summed E-state index contributed by atoms with van der Waals surface area (Å²) in [6.07, 6.45) is 0.134. The quantitative estimate of drug-likeness (QED) is 0.655. The molecule has 0 bridgehead atoms. The predicted molar refractivity (Wildman–Crippen MR) is 72.0 cm³/mol. The predicted octanol–water partition coefficient (Wildman–Crippen LogP) is 2.50. The molecule has 1 unspecified atom stereocenters. The summed E-state index contributed by atoms with van der Waals surface area (Å²) >= 11 is 0. The smallest absolute Gasteiger partial charge is 0.323 e. The van der Waals surface area contributed by atoms with E-state index in [0.29, 0.717) is 0 Å². The molecular formula is C15H20O4. The Bertz CT molecular complexity index is 493. The Morgan fingerprint density at radius 2 is 1.95 bits per heavy atom.